The van der Waals surface area contributed by atoms with Gasteiger partial charge in [-0.3, -0.25) is 15.1 Å². The van der Waals surface area contributed by atoms with Gasteiger partial charge in [0.1, 0.15) is 0 Å². The maximum atomic E-state index is 12.6. The summed E-state index contributed by atoms with van der Waals surface area (Å²) in [4.78, 5) is 40.1. The van der Waals surface area contributed by atoms with Crippen molar-refractivity contribution in [1.82, 2.24) is 10.3 Å². The molecule has 7 heteroatoms. The molecule has 0 spiro atoms. The Kier molecular flexibility index (Phi) is 4.65. The number of nitrogens with one attached hydrogen (secondary N) is 1. The van der Waals surface area contributed by atoms with Crippen molar-refractivity contribution in [2.45, 2.75) is 31.8 Å². The minimum Gasteiger partial charge on any atom is -0.453 e. The van der Waals surface area contributed by atoms with E-state index in [1.54, 1.807) is 12.1 Å². The van der Waals surface area contributed by atoms with E-state index in [9.17, 15) is 14.4 Å². The van der Waals surface area contributed by atoms with Crippen LogP contribution in [0, 0.1) is 0 Å². The van der Waals surface area contributed by atoms with Gasteiger partial charge in [-0.25, -0.2) is 9.59 Å². The zero-order chi connectivity index (χ0) is 18.0. The number of ether oxygens (including phenoxy) is 2. The van der Waals surface area contributed by atoms with Crippen LogP contribution >= 0.6 is 0 Å². The average Bonchev–Trinajstić information content (AvgIpc) is 3.45. The van der Waals surface area contributed by atoms with Crippen molar-refractivity contribution in [2.24, 2.45) is 0 Å². The number of pyridine rings is 1. The largest absolute Gasteiger partial charge is 0.453 e. The Balaban J connectivity index is 1.84. The number of rotatable bonds is 4. The standard InChI is InChI=1S/C18H18N2O5/c1-10(16(21)20-18(23)24-2)25-17(22)13-9-15(11-7-8-11)19-14-6-4-3-5-12(13)14/h3-6,9-11H,7-8H2,1-2H3,(H,20,21,23)/t10-/m1/s1. The van der Waals surface area contributed by atoms with Crippen LogP contribution in [0.4, 0.5) is 4.79 Å². The maximum Gasteiger partial charge on any atom is 0.413 e. The molecular formula is C18H18N2O5. The van der Waals surface area contributed by atoms with E-state index in [0.717, 1.165) is 25.6 Å². The third-order valence-electron chi connectivity index (χ3n) is 4.02. The highest BCUT2D eigenvalue weighted by atomic mass is 16.6. The highest BCUT2D eigenvalue weighted by Gasteiger charge is 2.28. The van der Waals surface area contributed by atoms with Crippen molar-refractivity contribution in [2.75, 3.05) is 7.11 Å². The lowest BCUT2D eigenvalue weighted by molar-refractivity contribution is -0.128. The molecule has 0 aliphatic heterocycles. The van der Waals surface area contributed by atoms with E-state index in [4.69, 9.17) is 4.74 Å². The minimum atomic E-state index is -1.14. The monoisotopic (exact) mass is 342 g/mol. The van der Waals surface area contributed by atoms with Crippen molar-refractivity contribution >= 4 is 28.9 Å². The van der Waals surface area contributed by atoms with Crippen molar-refractivity contribution < 1.29 is 23.9 Å². The fourth-order valence-electron chi connectivity index (χ4n) is 2.48. The quantitative estimate of drug-likeness (QED) is 0.858. The van der Waals surface area contributed by atoms with Gasteiger partial charge in [0, 0.05) is 17.0 Å². The smallest absolute Gasteiger partial charge is 0.413 e. The highest BCUT2D eigenvalue weighted by molar-refractivity contribution is 6.04. The zero-order valence-electron chi connectivity index (χ0n) is 13.9. The molecule has 1 N–H and O–H groups in total. The molecule has 25 heavy (non-hydrogen) atoms. The van der Waals surface area contributed by atoms with Gasteiger partial charge in [0.05, 0.1) is 18.2 Å². The predicted octanol–water partition coefficient (Wildman–Crippen LogP) is 2.54. The Bertz CT molecular complexity index is 844. The van der Waals surface area contributed by atoms with E-state index < -0.39 is 24.1 Å². The molecular weight excluding hydrogens is 324 g/mol. The summed E-state index contributed by atoms with van der Waals surface area (Å²) >= 11 is 0. The van der Waals surface area contributed by atoms with Crippen molar-refractivity contribution in [3.05, 3.63) is 41.6 Å². The Hall–Kier alpha value is -2.96. The summed E-state index contributed by atoms with van der Waals surface area (Å²) < 4.78 is 9.57. The van der Waals surface area contributed by atoms with Crippen LogP contribution in [0.2, 0.25) is 0 Å². The number of fused-ring (bicyclic) bond motifs is 1. The Morgan fingerprint density at radius 3 is 2.64 bits per heavy atom. The van der Waals surface area contributed by atoms with E-state index in [1.165, 1.54) is 6.92 Å². The van der Waals surface area contributed by atoms with Gasteiger partial charge in [0.2, 0.25) is 0 Å². The third-order valence-corrected chi connectivity index (χ3v) is 4.02. The van der Waals surface area contributed by atoms with Crippen LogP contribution < -0.4 is 5.32 Å². The molecule has 1 aliphatic carbocycles. The van der Waals surface area contributed by atoms with E-state index in [2.05, 4.69) is 9.72 Å². The number of esters is 1. The van der Waals surface area contributed by atoms with E-state index >= 15 is 0 Å². The first-order valence-corrected chi connectivity index (χ1v) is 7.99. The molecule has 1 saturated carbocycles. The maximum absolute atomic E-state index is 12.6. The zero-order valence-corrected chi connectivity index (χ0v) is 13.9. The lowest BCUT2D eigenvalue weighted by Crippen LogP contribution is -2.39. The number of amides is 2. The minimum absolute atomic E-state index is 0.366. The molecule has 3 rings (SSSR count). The third kappa shape index (κ3) is 3.76. The number of hydrogen-bond donors (Lipinski definition) is 1. The highest BCUT2D eigenvalue weighted by Crippen LogP contribution is 2.40. The number of para-hydroxylation sites is 1. The molecule has 0 radical (unpaired) electrons. The van der Waals surface area contributed by atoms with Crippen LogP contribution in [-0.2, 0) is 14.3 Å². The summed E-state index contributed by atoms with van der Waals surface area (Å²) in [5.41, 5.74) is 1.94. The number of aromatic nitrogens is 1. The first kappa shape index (κ1) is 16.9. The average molecular weight is 342 g/mol. The molecule has 2 aromatic rings. The molecule has 2 amide bonds. The van der Waals surface area contributed by atoms with E-state index in [0.29, 0.717) is 22.4 Å². The van der Waals surface area contributed by atoms with Gasteiger partial charge in [0.25, 0.3) is 5.91 Å². The number of benzene rings is 1. The van der Waals surface area contributed by atoms with Crippen molar-refractivity contribution in [3.63, 3.8) is 0 Å². The summed E-state index contributed by atoms with van der Waals surface area (Å²) in [5, 5.41) is 2.64. The number of hydrogen-bond acceptors (Lipinski definition) is 6. The number of carbonyl (C=O) groups excluding carboxylic acids is 3. The second kappa shape index (κ2) is 6.88. The number of methoxy groups -OCH3 is 1. The number of carbonyl (C=O) groups is 3. The van der Waals surface area contributed by atoms with Gasteiger partial charge >= 0.3 is 12.1 Å². The summed E-state index contributed by atoms with van der Waals surface area (Å²) in [5.74, 6) is -1.01. The molecule has 130 valence electrons. The predicted molar refractivity (Wildman–Crippen MR) is 89.1 cm³/mol. The second-order valence-corrected chi connectivity index (χ2v) is 5.91. The molecule has 1 aliphatic rings. The van der Waals surface area contributed by atoms with E-state index in [-0.39, 0.29) is 0 Å². The van der Waals surface area contributed by atoms with Gasteiger partial charge in [-0.05, 0) is 31.9 Å². The van der Waals surface area contributed by atoms with Crippen LogP contribution in [0.5, 0.6) is 0 Å². The van der Waals surface area contributed by atoms with Gasteiger partial charge in [0.15, 0.2) is 6.10 Å². The van der Waals surface area contributed by atoms with Crippen molar-refractivity contribution in [1.29, 1.82) is 0 Å². The molecule has 0 bridgehead atoms. The Morgan fingerprint density at radius 2 is 1.96 bits per heavy atom. The summed E-state index contributed by atoms with van der Waals surface area (Å²) in [6, 6.07) is 9.02. The van der Waals surface area contributed by atoms with Gasteiger partial charge in [-0.2, -0.15) is 0 Å². The summed E-state index contributed by atoms with van der Waals surface area (Å²) in [6.07, 6.45) is 0.0661. The lowest BCUT2D eigenvalue weighted by Gasteiger charge is -2.14. The SMILES string of the molecule is COC(=O)NC(=O)[C@@H](C)OC(=O)c1cc(C2CC2)nc2ccccc12. The van der Waals surface area contributed by atoms with Crippen LogP contribution in [-0.4, -0.2) is 36.2 Å². The van der Waals surface area contributed by atoms with Crippen LogP contribution in [0.3, 0.4) is 0 Å². The van der Waals surface area contributed by atoms with Crippen LogP contribution in [0.15, 0.2) is 30.3 Å². The molecule has 1 atom stereocenters. The van der Waals surface area contributed by atoms with Crippen LogP contribution in [0.25, 0.3) is 10.9 Å². The topological polar surface area (TPSA) is 94.6 Å². The summed E-state index contributed by atoms with van der Waals surface area (Å²) in [7, 11) is 1.14. The first-order chi connectivity index (χ1) is 12.0. The van der Waals surface area contributed by atoms with E-state index in [1.807, 2.05) is 23.5 Å². The molecule has 1 aromatic heterocycles. The van der Waals surface area contributed by atoms with Gasteiger partial charge in [-0.1, -0.05) is 18.2 Å². The van der Waals surface area contributed by atoms with Gasteiger partial charge < -0.3 is 9.47 Å². The molecule has 1 fully saturated rings. The second-order valence-electron chi connectivity index (χ2n) is 5.91. The molecule has 1 heterocycles. The molecule has 0 unspecified atom stereocenters. The molecule has 1 aromatic carbocycles. The Morgan fingerprint density at radius 1 is 1.24 bits per heavy atom. The fraction of sp³-hybridized carbons (Fsp3) is 0.333. The number of nitrogens with zero attached hydrogens (tertiary/aromatic N) is 1. The number of alkyl carbamates (subject to hydrolysis) is 1. The molecule has 7 nitrogen and oxygen atoms in total. The fourth-order valence-corrected chi connectivity index (χ4v) is 2.48. The van der Waals surface area contributed by atoms with Crippen LogP contribution in [0.1, 0.15) is 41.7 Å². The molecule has 0 saturated heterocycles. The summed E-state index contributed by atoms with van der Waals surface area (Å²) in [6.45, 7) is 1.39. The number of imide groups is 1. The van der Waals surface area contributed by atoms with Gasteiger partial charge in [-0.15, -0.1) is 0 Å². The Labute approximate surface area is 144 Å². The van der Waals surface area contributed by atoms with Crippen molar-refractivity contribution in [3.8, 4) is 0 Å². The lowest BCUT2D eigenvalue weighted by atomic mass is 10.1. The normalized spacial score (nSPS) is 14.6. The first-order valence-electron chi connectivity index (χ1n) is 7.99.